The summed E-state index contributed by atoms with van der Waals surface area (Å²) in [7, 11) is 1.59. The van der Waals surface area contributed by atoms with E-state index in [0.29, 0.717) is 26.2 Å². The zero-order chi connectivity index (χ0) is 12.6. The topological polar surface area (TPSA) is 24.5 Å². The second-order valence-corrected chi connectivity index (χ2v) is 3.72. The molecule has 0 aromatic carbocycles. The second-order valence-electron chi connectivity index (χ2n) is 3.72. The summed E-state index contributed by atoms with van der Waals surface area (Å²) in [6, 6.07) is -0.136. The van der Waals surface area contributed by atoms with Crippen LogP contribution in [-0.4, -0.2) is 57.0 Å². The number of hydrogen-bond acceptors (Lipinski definition) is 3. The lowest BCUT2D eigenvalue weighted by atomic mass is 10.2. The molecule has 16 heavy (non-hydrogen) atoms. The SMILES string of the molecule is CCN(CC(F)(F)F)C(C)CNCCOC. The molecule has 0 bridgehead atoms. The molecule has 0 amide bonds. The first-order valence-corrected chi connectivity index (χ1v) is 5.41. The van der Waals surface area contributed by atoms with Crippen LogP contribution >= 0.6 is 0 Å². The van der Waals surface area contributed by atoms with Gasteiger partial charge in [-0.25, -0.2) is 0 Å². The average Bonchev–Trinajstić information content (AvgIpc) is 2.19. The van der Waals surface area contributed by atoms with Crippen LogP contribution in [0.15, 0.2) is 0 Å². The van der Waals surface area contributed by atoms with Crippen LogP contribution in [0, 0.1) is 0 Å². The molecule has 3 nitrogen and oxygen atoms in total. The normalized spacial score (nSPS) is 14.4. The number of nitrogens with zero attached hydrogens (tertiary/aromatic N) is 1. The lowest BCUT2D eigenvalue weighted by molar-refractivity contribution is -0.149. The van der Waals surface area contributed by atoms with Gasteiger partial charge in [0, 0.05) is 26.2 Å². The van der Waals surface area contributed by atoms with E-state index >= 15 is 0 Å². The van der Waals surface area contributed by atoms with Gasteiger partial charge in [0.25, 0.3) is 0 Å². The Morgan fingerprint density at radius 3 is 2.44 bits per heavy atom. The van der Waals surface area contributed by atoms with Crippen LogP contribution in [-0.2, 0) is 4.74 Å². The number of hydrogen-bond donors (Lipinski definition) is 1. The highest BCUT2D eigenvalue weighted by molar-refractivity contribution is 4.71. The van der Waals surface area contributed by atoms with Crippen molar-refractivity contribution in [2.24, 2.45) is 0 Å². The summed E-state index contributed by atoms with van der Waals surface area (Å²) in [5, 5.41) is 3.05. The number of halogens is 3. The van der Waals surface area contributed by atoms with Crippen LogP contribution in [0.1, 0.15) is 13.8 Å². The third kappa shape index (κ3) is 7.90. The summed E-state index contributed by atoms with van der Waals surface area (Å²) < 4.78 is 41.5. The Bertz CT molecular complexity index is 176. The molecule has 0 saturated heterocycles. The lowest BCUT2D eigenvalue weighted by Crippen LogP contribution is -2.45. The Kier molecular flexibility index (Phi) is 7.70. The van der Waals surface area contributed by atoms with E-state index in [1.165, 1.54) is 4.90 Å². The fourth-order valence-corrected chi connectivity index (χ4v) is 1.42. The van der Waals surface area contributed by atoms with Gasteiger partial charge in [-0.05, 0) is 13.5 Å². The summed E-state index contributed by atoms with van der Waals surface area (Å²) >= 11 is 0. The maximum atomic E-state index is 12.2. The molecule has 98 valence electrons. The van der Waals surface area contributed by atoms with Crippen molar-refractivity contribution in [1.29, 1.82) is 0 Å². The molecule has 1 unspecified atom stereocenters. The standard InChI is InChI=1S/C10H21F3N2O/c1-4-15(8-10(11,12)13)9(2)7-14-5-6-16-3/h9,14H,4-8H2,1-3H3. The predicted octanol–water partition coefficient (Wildman–Crippen LogP) is 1.50. The molecule has 0 aromatic heterocycles. The third-order valence-corrected chi connectivity index (χ3v) is 2.33. The van der Waals surface area contributed by atoms with Gasteiger partial charge in [-0.15, -0.1) is 0 Å². The Balaban J connectivity index is 3.87. The molecule has 0 aliphatic carbocycles. The van der Waals surface area contributed by atoms with Crippen LogP contribution in [0.25, 0.3) is 0 Å². The fraction of sp³-hybridized carbons (Fsp3) is 1.00. The quantitative estimate of drug-likeness (QED) is 0.653. The Morgan fingerprint density at radius 1 is 1.38 bits per heavy atom. The molecule has 0 spiro atoms. The van der Waals surface area contributed by atoms with Crippen molar-refractivity contribution in [3.05, 3.63) is 0 Å². The van der Waals surface area contributed by atoms with Crippen molar-refractivity contribution in [3.8, 4) is 0 Å². The van der Waals surface area contributed by atoms with E-state index in [0.717, 1.165) is 0 Å². The van der Waals surface area contributed by atoms with Crippen molar-refractivity contribution in [1.82, 2.24) is 10.2 Å². The molecule has 0 radical (unpaired) electrons. The molecule has 0 aliphatic rings. The number of methoxy groups -OCH3 is 1. The first-order valence-electron chi connectivity index (χ1n) is 5.41. The molecule has 6 heteroatoms. The Hall–Kier alpha value is -0.330. The van der Waals surface area contributed by atoms with Crippen LogP contribution in [0.2, 0.25) is 0 Å². The van der Waals surface area contributed by atoms with E-state index < -0.39 is 12.7 Å². The largest absolute Gasteiger partial charge is 0.401 e. The number of rotatable bonds is 8. The number of alkyl halides is 3. The lowest BCUT2D eigenvalue weighted by Gasteiger charge is -2.28. The van der Waals surface area contributed by atoms with Gasteiger partial charge in [-0.3, -0.25) is 4.90 Å². The first kappa shape index (κ1) is 15.7. The molecule has 0 heterocycles. The van der Waals surface area contributed by atoms with Gasteiger partial charge >= 0.3 is 6.18 Å². The third-order valence-electron chi connectivity index (χ3n) is 2.33. The van der Waals surface area contributed by atoms with Gasteiger partial charge in [0.05, 0.1) is 13.2 Å². The Morgan fingerprint density at radius 2 is 2.00 bits per heavy atom. The summed E-state index contributed by atoms with van der Waals surface area (Å²) in [6.45, 7) is 4.82. The molecule has 0 aromatic rings. The van der Waals surface area contributed by atoms with E-state index in [-0.39, 0.29) is 6.04 Å². The summed E-state index contributed by atoms with van der Waals surface area (Å²) in [6.07, 6.45) is -4.13. The van der Waals surface area contributed by atoms with E-state index in [2.05, 4.69) is 5.32 Å². The molecule has 0 aliphatic heterocycles. The van der Waals surface area contributed by atoms with E-state index in [1.54, 1.807) is 21.0 Å². The monoisotopic (exact) mass is 242 g/mol. The van der Waals surface area contributed by atoms with Gasteiger partial charge in [-0.2, -0.15) is 13.2 Å². The molecule has 1 N–H and O–H groups in total. The molecule has 1 atom stereocenters. The number of likely N-dealkylation sites (N-methyl/N-ethyl adjacent to an activating group) is 1. The van der Waals surface area contributed by atoms with Crippen LogP contribution in [0.3, 0.4) is 0 Å². The highest BCUT2D eigenvalue weighted by Gasteiger charge is 2.31. The van der Waals surface area contributed by atoms with Gasteiger partial charge in [0.1, 0.15) is 0 Å². The highest BCUT2D eigenvalue weighted by atomic mass is 19.4. The summed E-state index contributed by atoms with van der Waals surface area (Å²) in [5.74, 6) is 0. The fourth-order valence-electron chi connectivity index (χ4n) is 1.42. The second kappa shape index (κ2) is 7.86. The van der Waals surface area contributed by atoms with Gasteiger partial charge in [0.2, 0.25) is 0 Å². The zero-order valence-electron chi connectivity index (χ0n) is 10.1. The van der Waals surface area contributed by atoms with Gasteiger partial charge in [0.15, 0.2) is 0 Å². The minimum Gasteiger partial charge on any atom is -0.383 e. The predicted molar refractivity (Wildman–Crippen MR) is 57.5 cm³/mol. The van der Waals surface area contributed by atoms with Crippen molar-refractivity contribution in [3.63, 3.8) is 0 Å². The van der Waals surface area contributed by atoms with E-state index in [9.17, 15) is 13.2 Å². The highest BCUT2D eigenvalue weighted by Crippen LogP contribution is 2.17. The summed E-state index contributed by atoms with van der Waals surface area (Å²) in [5.41, 5.74) is 0. The minimum absolute atomic E-state index is 0.136. The van der Waals surface area contributed by atoms with Gasteiger partial charge < -0.3 is 10.1 Å². The molecule has 0 saturated carbocycles. The zero-order valence-corrected chi connectivity index (χ0v) is 10.1. The van der Waals surface area contributed by atoms with E-state index in [1.807, 2.05) is 0 Å². The minimum atomic E-state index is -4.13. The first-order chi connectivity index (χ1) is 7.40. The van der Waals surface area contributed by atoms with Crippen molar-refractivity contribution in [2.75, 3.05) is 39.9 Å². The number of nitrogens with one attached hydrogen (secondary N) is 1. The van der Waals surface area contributed by atoms with Crippen LogP contribution in [0.4, 0.5) is 13.2 Å². The molecular weight excluding hydrogens is 221 g/mol. The van der Waals surface area contributed by atoms with E-state index in [4.69, 9.17) is 4.74 Å². The average molecular weight is 242 g/mol. The van der Waals surface area contributed by atoms with Crippen molar-refractivity contribution >= 4 is 0 Å². The smallest absolute Gasteiger partial charge is 0.383 e. The molecule has 0 rings (SSSR count). The Labute approximate surface area is 94.9 Å². The van der Waals surface area contributed by atoms with Crippen molar-refractivity contribution < 1.29 is 17.9 Å². The maximum Gasteiger partial charge on any atom is 0.401 e. The molecule has 0 fully saturated rings. The summed E-state index contributed by atoms with van der Waals surface area (Å²) in [4.78, 5) is 1.40. The molecular formula is C10H21F3N2O. The number of ether oxygens (including phenoxy) is 1. The van der Waals surface area contributed by atoms with Crippen molar-refractivity contribution in [2.45, 2.75) is 26.1 Å². The van der Waals surface area contributed by atoms with Gasteiger partial charge in [-0.1, -0.05) is 6.92 Å². The van der Waals surface area contributed by atoms with Crippen LogP contribution in [0.5, 0.6) is 0 Å². The van der Waals surface area contributed by atoms with Crippen LogP contribution < -0.4 is 5.32 Å². The maximum absolute atomic E-state index is 12.2.